The average Bonchev–Trinajstić information content (AvgIpc) is 3.15. The van der Waals surface area contributed by atoms with Gasteiger partial charge in [-0.3, -0.25) is 0 Å². The van der Waals surface area contributed by atoms with Crippen LogP contribution < -0.4 is 4.74 Å². The lowest BCUT2D eigenvalue weighted by molar-refractivity contribution is 0.301. The highest BCUT2D eigenvalue weighted by atomic mass is 79.9. The molecule has 0 aliphatic carbocycles. The summed E-state index contributed by atoms with van der Waals surface area (Å²) in [6.45, 7) is 1.21. The van der Waals surface area contributed by atoms with Crippen molar-refractivity contribution in [2.75, 3.05) is 6.61 Å². The van der Waals surface area contributed by atoms with Crippen molar-refractivity contribution in [3.05, 3.63) is 58.8 Å². The predicted molar refractivity (Wildman–Crippen MR) is 97.7 cm³/mol. The highest BCUT2D eigenvalue weighted by Crippen LogP contribution is 2.21. The number of fused-ring (bicyclic) bond motifs is 3. The van der Waals surface area contributed by atoms with Crippen LogP contribution in [0.5, 0.6) is 5.75 Å². The molecule has 7 heteroatoms. The van der Waals surface area contributed by atoms with Crippen LogP contribution in [-0.4, -0.2) is 25.8 Å². The fraction of sp³-hybridized carbons (Fsp3) is 0.176. The van der Waals surface area contributed by atoms with Gasteiger partial charge in [0.25, 0.3) is 0 Å². The van der Waals surface area contributed by atoms with Gasteiger partial charge in [0.15, 0.2) is 5.82 Å². The number of para-hydroxylation sites is 2. The van der Waals surface area contributed by atoms with Crippen molar-refractivity contribution in [2.24, 2.45) is 0 Å². The molecule has 0 spiro atoms. The van der Waals surface area contributed by atoms with Gasteiger partial charge in [0.1, 0.15) is 12.4 Å². The summed E-state index contributed by atoms with van der Waals surface area (Å²) in [6.07, 6.45) is 0. The van der Waals surface area contributed by atoms with Crippen LogP contribution in [0.2, 0.25) is 0 Å². The minimum Gasteiger partial charge on any atom is -0.492 e. The van der Waals surface area contributed by atoms with Gasteiger partial charge in [0.2, 0.25) is 5.78 Å². The van der Waals surface area contributed by atoms with E-state index in [1.165, 1.54) is 0 Å². The van der Waals surface area contributed by atoms with Crippen LogP contribution >= 0.6 is 27.5 Å². The van der Waals surface area contributed by atoms with Gasteiger partial charge in [-0.15, -0.1) is 16.7 Å². The van der Waals surface area contributed by atoms with Gasteiger partial charge < -0.3 is 9.30 Å². The molecule has 4 aromatic rings. The maximum Gasteiger partial charge on any atom is 0.233 e. The number of ether oxygens (including phenoxy) is 1. The lowest BCUT2D eigenvalue weighted by Crippen LogP contribution is -2.08. The molecule has 0 aliphatic rings. The summed E-state index contributed by atoms with van der Waals surface area (Å²) in [4.78, 5) is 4.53. The average molecular weight is 406 g/mol. The number of hydrogen-bond donors (Lipinski definition) is 0. The third-order valence-electron chi connectivity index (χ3n) is 3.79. The molecule has 24 heavy (non-hydrogen) atoms. The SMILES string of the molecule is ClCc1nc2n(CCOc3ccc(Br)cc3)c3ccccc3n2n1. The Bertz CT molecular complexity index is 993. The molecule has 0 saturated heterocycles. The Morgan fingerprint density at radius 3 is 2.54 bits per heavy atom. The molecule has 4 rings (SSSR count). The fourth-order valence-corrected chi connectivity index (χ4v) is 3.10. The molecule has 2 heterocycles. The number of nitrogens with zero attached hydrogens (tertiary/aromatic N) is 4. The molecule has 5 nitrogen and oxygen atoms in total. The predicted octanol–water partition coefficient (Wildman–Crippen LogP) is 4.26. The van der Waals surface area contributed by atoms with Gasteiger partial charge in [-0.05, 0) is 36.4 Å². The number of alkyl halides is 1. The Balaban J connectivity index is 1.64. The number of aromatic nitrogens is 4. The van der Waals surface area contributed by atoms with E-state index in [1.807, 2.05) is 47.0 Å². The number of rotatable bonds is 5. The Labute approximate surface area is 151 Å². The number of benzene rings is 2. The molecule has 0 bridgehead atoms. The van der Waals surface area contributed by atoms with Gasteiger partial charge in [0, 0.05) is 4.47 Å². The van der Waals surface area contributed by atoms with E-state index in [-0.39, 0.29) is 0 Å². The summed E-state index contributed by atoms with van der Waals surface area (Å²) < 4.78 is 10.8. The zero-order chi connectivity index (χ0) is 16.5. The van der Waals surface area contributed by atoms with E-state index in [1.54, 1.807) is 0 Å². The molecule has 0 saturated carbocycles. The minimum atomic E-state index is 0.297. The summed E-state index contributed by atoms with van der Waals surface area (Å²) in [6, 6.07) is 15.9. The Morgan fingerprint density at radius 2 is 1.79 bits per heavy atom. The standard InChI is InChI=1S/C17H14BrClN4O/c18-12-5-7-13(8-6-12)24-10-9-22-14-3-1-2-4-15(14)23-17(22)20-16(11-19)21-23/h1-8H,9-11H2. The van der Waals surface area contributed by atoms with Gasteiger partial charge in [0.05, 0.1) is 23.5 Å². The minimum absolute atomic E-state index is 0.297. The second-order valence-corrected chi connectivity index (χ2v) is 6.50. The Morgan fingerprint density at radius 1 is 1.04 bits per heavy atom. The lowest BCUT2D eigenvalue weighted by Gasteiger charge is -2.08. The van der Waals surface area contributed by atoms with Crippen LogP contribution in [0, 0.1) is 0 Å². The van der Waals surface area contributed by atoms with Crippen LogP contribution in [0.25, 0.3) is 16.8 Å². The number of imidazole rings is 1. The topological polar surface area (TPSA) is 44.4 Å². The van der Waals surface area contributed by atoms with Crippen LogP contribution in [0.15, 0.2) is 53.0 Å². The molecule has 0 radical (unpaired) electrons. The smallest absolute Gasteiger partial charge is 0.233 e. The molecule has 2 aromatic carbocycles. The third-order valence-corrected chi connectivity index (χ3v) is 4.56. The molecule has 0 atom stereocenters. The largest absolute Gasteiger partial charge is 0.492 e. The normalized spacial score (nSPS) is 11.4. The second-order valence-electron chi connectivity index (χ2n) is 5.32. The van der Waals surface area contributed by atoms with Gasteiger partial charge in [-0.1, -0.05) is 28.1 Å². The zero-order valence-corrected chi connectivity index (χ0v) is 15.0. The van der Waals surface area contributed by atoms with E-state index in [4.69, 9.17) is 16.3 Å². The number of halogens is 2. The quantitative estimate of drug-likeness (QED) is 0.466. The van der Waals surface area contributed by atoms with Crippen LogP contribution in [0.4, 0.5) is 0 Å². The summed E-state index contributed by atoms with van der Waals surface area (Å²) >= 11 is 9.30. The summed E-state index contributed by atoms with van der Waals surface area (Å²) in [5.74, 6) is 2.55. The van der Waals surface area contributed by atoms with E-state index in [0.717, 1.165) is 27.0 Å². The summed E-state index contributed by atoms with van der Waals surface area (Å²) in [5, 5.41) is 4.46. The molecular formula is C17H14BrClN4O. The van der Waals surface area contributed by atoms with E-state index in [2.05, 4.69) is 36.6 Å². The van der Waals surface area contributed by atoms with Crippen LogP contribution in [0.3, 0.4) is 0 Å². The summed E-state index contributed by atoms with van der Waals surface area (Å²) in [7, 11) is 0. The first-order valence-corrected chi connectivity index (χ1v) is 8.86. The first kappa shape index (κ1) is 15.5. The summed E-state index contributed by atoms with van der Waals surface area (Å²) in [5.41, 5.74) is 2.09. The fourth-order valence-electron chi connectivity index (χ4n) is 2.72. The Hall–Kier alpha value is -2.05. The van der Waals surface area contributed by atoms with E-state index in [9.17, 15) is 0 Å². The molecule has 0 N–H and O–H groups in total. The molecule has 0 amide bonds. The van der Waals surface area contributed by atoms with Crippen molar-refractivity contribution in [1.82, 2.24) is 19.2 Å². The van der Waals surface area contributed by atoms with Crippen molar-refractivity contribution in [2.45, 2.75) is 12.4 Å². The maximum absolute atomic E-state index is 5.88. The van der Waals surface area contributed by atoms with E-state index < -0.39 is 0 Å². The zero-order valence-electron chi connectivity index (χ0n) is 12.7. The van der Waals surface area contributed by atoms with Gasteiger partial charge in [-0.25, -0.2) is 0 Å². The van der Waals surface area contributed by atoms with Crippen molar-refractivity contribution >= 4 is 44.3 Å². The first-order chi connectivity index (χ1) is 11.8. The van der Waals surface area contributed by atoms with Crippen molar-refractivity contribution in [3.8, 4) is 5.75 Å². The van der Waals surface area contributed by atoms with Gasteiger partial charge >= 0.3 is 0 Å². The number of hydrogen-bond acceptors (Lipinski definition) is 3. The van der Waals surface area contributed by atoms with Crippen LogP contribution in [0.1, 0.15) is 5.82 Å². The maximum atomic E-state index is 5.88. The van der Waals surface area contributed by atoms with Crippen molar-refractivity contribution < 1.29 is 4.74 Å². The van der Waals surface area contributed by atoms with Crippen molar-refractivity contribution in [3.63, 3.8) is 0 Å². The Kier molecular flexibility index (Phi) is 4.16. The van der Waals surface area contributed by atoms with E-state index in [0.29, 0.717) is 24.9 Å². The third kappa shape index (κ3) is 2.76. The highest BCUT2D eigenvalue weighted by molar-refractivity contribution is 9.10. The molecular weight excluding hydrogens is 392 g/mol. The molecule has 0 fully saturated rings. The molecule has 0 aliphatic heterocycles. The monoisotopic (exact) mass is 404 g/mol. The lowest BCUT2D eigenvalue weighted by atomic mass is 10.3. The van der Waals surface area contributed by atoms with Crippen LogP contribution in [-0.2, 0) is 12.4 Å². The van der Waals surface area contributed by atoms with Gasteiger partial charge in [-0.2, -0.15) is 9.50 Å². The first-order valence-electron chi connectivity index (χ1n) is 7.53. The molecule has 0 unspecified atom stereocenters. The van der Waals surface area contributed by atoms with E-state index >= 15 is 0 Å². The molecule has 2 aromatic heterocycles. The van der Waals surface area contributed by atoms with Crippen molar-refractivity contribution in [1.29, 1.82) is 0 Å². The highest BCUT2D eigenvalue weighted by Gasteiger charge is 2.14. The second kappa shape index (κ2) is 6.45. The molecule has 122 valence electrons.